The van der Waals surface area contributed by atoms with E-state index in [4.69, 9.17) is 16.3 Å². The topological polar surface area (TPSA) is 94.5 Å². The van der Waals surface area contributed by atoms with Gasteiger partial charge >= 0.3 is 5.97 Å². The molecular weight excluding hydrogens is 480 g/mol. The molecule has 1 aromatic heterocycles. The number of benzene rings is 2. The highest BCUT2D eigenvalue weighted by atomic mass is 35.5. The number of amides is 1. The van der Waals surface area contributed by atoms with Gasteiger partial charge in [0.05, 0.1) is 7.11 Å². The van der Waals surface area contributed by atoms with Crippen LogP contribution in [0, 0.1) is 5.41 Å². The number of ether oxygens (including phenoxy) is 1. The summed E-state index contributed by atoms with van der Waals surface area (Å²) in [4.78, 5) is 52.6. The smallest absolute Gasteiger partial charge is 0.328 e. The van der Waals surface area contributed by atoms with Gasteiger partial charge < -0.3 is 10.1 Å². The minimum atomic E-state index is -1.01. The van der Waals surface area contributed by atoms with Crippen LogP contribution in [0.2, 0.25) is 5.02 Å². The van der Waals surface area contributed by atoms with Gasteiger partial charge in [0.2, 0.25) is 0 Å². The van der Waals surface area contributed by atoms with Crippen LogP contribution in [-0.4, -0.2) is 35.4 Å². The van der Waals surface area contributed by atoms with Crippen molar-refractivity contribution in [3.8, 4) is 5.69 Å². The third-order valence-corrected chi connectivity index (χ3v) is 6.54. The van der Waals surface area contributed by atoms with Crippen LogP contribution in [-0.2, 0) is 22.4 Å². The molecule has 1 amide bonds. The maximum absolute atomic E-state index is 13.7. The summed E-state index contributed by atoms with van der Waals surface area (Å²) in [6, 6.07) is 16.1. The van der Waals surface area contributed by atoms with E-state index >= 15 is 0 Å². The molecule has 2 aromatic carbocycles. The van der Waals surface area contributed by atoms with Crippen molar-refractivity contribution < 1.29 is 19.1 Å². The zero-order chi connectivity index (χ0) is 26.0. The molecule has 1 N–H and O–H groups in total. The molecule has 0 spiro atoms. The first-order valence-corrected chi connectivity index (χ1v) is 12.0. The molecule has 7 nitrogen and oxygen atoms in total. The van der Waals surface area contributed by atoms with E-state index in [1.165, 1.54) is 17.7 Å². The number of carbonyl (C=O) groups is 3. The lowest BCUT2D eigenvalue weighted by Crippen LogP contribution is -2.46. The number of pyridine rings is 1. The first-order valence-electron chi connectivity index (χ1n) is 11.6. The molecule has 0 fully saturated rings. The van der Waals surface area contributed by atoms with Gasteiger partial charge in [-0.2, -0.15) is 0 Å². The Morgan fingerprint density at radius 1 is 1.06 bits per heavy atom. The Labute approximate surface area is 214 Å². The predicted octanol–water partition coefficient (Wildman–Crippen LogP) is 4.16. The van der Waals surface area contributed by atoms with E-state index in [1.54, 1.807) is 24.3 Å². The number of halogens is 1. The number of carbonyl (C=O) groups excluding carboxylic acids is 3. The normalized spacial score (nSPS) is 15.1. The second-order valence-corrected chi connectivity index (χ2v) is 10.2. The number of nitrogens with one attached hydrogen (secondary N) is 1. The Balaban J connectivity index is 1.80. The van der Waals surface area contributed by atoms with Crippen molar-refractivity contribution in [2.45, 2.75) is 39.2 Å². The lowest BCUT2D eigenvalue weighted by molar-refractivity contribution is -0.142. The van der Waals surface area contributed by atoms with Gasteiger partial charge in [-0.25, -0.2) is 4.79 Å². The van der Waals surface area contributed by atoms with Gasteiger partial charge in [-0.3, -0.25) is 19.0 Å². The first kappa shape index (κ1) is 25.4. The van der Waals surface area contributed by atoms with Crippen LogP contribution < -0.4 is 10.9 Å². The summed E-state index contributed by atoms with van der Waals surface area (Å²) in [5.74, 6) is -1.54. The first-order chi connectivity index (χ1) is 17.1. The van der Waals surface area contributed by atoms with Gasteiger partial charge in [-0.1, -0.05) is 55.8 Å². The fraction of sp³-hybridized carbons (Fsp3) is 0.286. The lowest BCUT2D eigenvalue weighted by Gasteiger charge is -2.32. The van der Waals surface area contributed by atoms with E-state index in [-0.39, 0.29) is 23.2 Å². The lowest BCUT2D eigenvalue weighted by atomic mass is 9.75. The molecule has 1 unspecified atom stereocenters. The number of Topliss-reactive ketones (excluding diaryl/α,β-unsaturated/α-hetero) is 1. The van der Waals surface area contributed by atoms with Gasteiger partial charge in [0.15, 0.2) is 5.78 Å². The Morgan fingerprint density at radius 3 is 2.36 bits per heavy atom. The maximum atomic E-state index is 13.7. The Hall–Kier alpha value is -3.71. The number of rotatable bonds is 6. The monoisotopic (exact) mass is 506 g/mol. The molecule has 0 aliphatic heterocycles. The number of hydrogen-bond donors (Lipinski definition) is 1. The third kappa shape index (κ3) is 5.26. The summed E-state index contributed by atoms with van der Waals surface area (Å²) in [6.45, 7) is 3.94. The second-order valence-electron chi connectivity index (χ2n) is 9.72. The molecule has 1 aliphatic rings. The van der Waals surface area contributed by atoms with Crippen molar-refractivity contribution in [2.75, 3.05) is 7.11 Å². The molecule has 1 aliphatic carbocycles. The summed E-state index contributed by atoms with van der Waals surface area (Å²) < 4.78 is 6.29. The van der Waals surface area contributed by atoms with Crippen LogP contribution in [0.3, 0.4) is 0 Å². The minimum Gasteiger partial charge on any atom is -0.467 e. The van der Waals surface area contributed by atoms with Crippen molar-refractivity contribution in [3.05, 3.63) is 98.4 Å². The van der Waals surface area contributed by atoms with Crippen LogP contribution in [0.4, 0.5) is 0 Å². The van der Waals surface area contributed by atoms with E-state index < -0.39 is 23.5 Å². The van der Waals surface area contributed by atoms with Crippen LogP contribution in [0.15, 0.2) is 65.5 Å². The summed E-state index contributed by atoms with van der Waals surface area (Å²) >= 11 is 6.05. The van der Waals surface area contributed by atoms with Gasteiger partial charge in [0, 0.05) is 34.8 Å². The van der Waals surface area contributed by atoms with Crippen LogP contribution in [0.5, 0.6) is 0 Å². The van der Waals surface area contributed by atoms with Gasteiger partial charge in [-0.05, 0) is 47.7 Å². The van der Waals surface area contributed by atoms with E-state index in [0.29, 0.717) is 34.8 Å². The number of esters is 1. The molecule has 0 saturated carbocycles. The Bertz CT molecular complexity index is 1380. The Kier molecular flexibility index (Phi) is 7.13. The number of methoxy groups -OCH3 is 1. The molecule has 8 heteroatoms. The van der Waals surface area contributed by atoms with E-state index in [1.807, 2.05) is 44.2 Å². The molecule has 186 valence electrons. The fourth-order valence-electron chi connectivity index (χ4n) is 4.56. The van der Waals surface area contributed by atoms with Crippen LogP contribution >= 0.6 is 11.6 Å². The van der Waals surface area contributed by atoms with E-state index in [9.17, 15) is 19.2 Å². The molecule has 1 heterocycles. The summed E-state index contributed by atoms with van der Waals surface area (Å²) in [5.41, 5.74) is 1.03. The predicted molar refractivity (Wildman–Crippen MR) is 137 cm³/mol. The van der Waals surface area contributed by atoms with Crippen molar-refractivity contribution in [2.24, 2.45) is 5.41 Å². The van der Waals surface area contributed by atoms with Crippen molar-refractivity contribution in [3.63, 3.8) is 0 Å². The molecule has 3 aromatic rings. The highest BCUT2D eigenvalue weighted by molar-refractivity contribution is 6.30. The SMILES string of the molecule is COC(=O)C(Cc1ccccc1)NC(=O)c1cc2c(n(-c3ccc(Cl)cc3)c1=O)CC(C)(C)CC2=O. The minimum absolute atomic E-state index is 0.146. The molecule has 36 heavy (non-hydrogen) atoms. The summed E-state index contributed by atoms with van der Waals surface area (Å²) in [5, 5.41) is 3.13. The van der Waals surface area contributed by atoms with Gasteiger partial charge in [-0.15, -0.1) is 0 Å². The molecule has 1 atom stereocenters. The summed E-state index contributed by atoms with van der Waals surface area (Å²) in [6.07, 6.45) is 0.952. The number of fused-ring (bicyclic) bond motifs is 1. The molecular formula is C28H27ClN2O5. The van der Waals surface area contributed by atoms with Crippen molar-refractivity contribution in [1.29, 1.82) is 0 Å². The number of nitrogens with zero attached hydrogens (tertiary/aromatic N) is 1. The quantitative estimate of drug-likeness (QED) is 0.507. The largest absolute Gasteiger partial charge is 0.467 e. The van der Waals surface area contributed by atoms with E-state index in [0.717, 1.165) is 5.56 Å². The number of ketones is 1. The second kappa shape index (κ2) is 10.1. The fourth-order valence-corrected chi connectivity index (χ4v) is 4.69. The average Bonchev–Trinajstić information content (AvgIpc) is 2.83. The van der Waals surface area contributed by atoms with Crippen molar-refractivity contribution >= 4 is 29.3 Å². The van der Waals surface area contributed by atoms with Gasteiger partial charge in [0.25, 0.3) is 11.5 Å². The highest BCUT2D eigenvalue weighted by Crippen LogP contribution is 2.35. The molecule has 0 saturated heterocycles. The maximum Gasteiger partial charge on any atom is 0.328 e. The average molecular weight is 507 g/mol. The van der Waals surface area contributed by atoms with Crippen LogP contribution in [0.1, 0.15) is 52.2 Å². The van der Waals surface area contributed by atoms with Gasteiger partial charge in [0.1, 0.15) is 11.6 Å². The molecule has 0 bridgehead atoms. The van der Waals surface area contributed by atoms with Crippen molar-refractivity contribution in [1.82, 2.24) is 9.88 Å². The highest BCUT2D eigenvalue weighted by Gasteiger charge is 2.35. The molecule has 4 rings (SSSR count). The summed E-state index contributed by atoms with van der Waals surface area (Å²) in [7, 11) is 1.24. The third-order valence-electron chi connectivity index (χ3n) is 6.29. The van der Waals surface area contributed by atoms with E-state index in [2.05, 4.69) is 5.32 Å². The zero-order valence-corrected chi connectivity index (χ0v) is 21.1. The number of aromatic nitrogens is 1. The standard InChI is InChI=1S/C28H27ClN2O5/c1-28(2)15-23-20(24(32)16-28)14-21(26(34)31(23)19-11-9-18(29)10-12-19)25(33)30-22(27(35)36-3)13-17-7-5-4-6-8-17/h4-12,14,22H,13,15-16H2,1-3H3,(H,30,33). The zero-order valence-electron chi connectivity index (χ0n) is 20.3. The number of hydrogen-bond acceptors (Lipinski definition) is 5. The molecule has 0 radical (unpaired) electrons. The van der Waals surface area contributed by atoms with Crippen LogP contribution in [0.25, 0.3) is 5.69 Å². The Morgan fingerprint density at radius 2 is 1.72 bits per heavy atom.